The predicted molar refractivity (Wildman–Crippen MR) is 209 cm³/mol. The van der Waals surface area contributed by atoms with Gasteiger partial charge in [-0.25, -0.2) is 0 Å². The van der Waals surface area contributed by atoms with Crippen LogP contribution in [0.3, 0.4) is 0 Å². The van der Waals surface area contributed by atoms with Crippen molar-refractivity contribution in [3.8, 4) is 11.1 Å². The van der Waals surface area contributed by atoms with Crippen LogP contribution in [0.5, 0.6) is 0 Å². The van der Waals surface area contributed by atoms with Gasteiger partial charge in [-0.1, -0.05) is 140 Å². The SMILES string of the molecule is c1ccc(-c2ccccc2N(c2ccc3sc4ccc5ccccc5c4c3c2)c2cccc3ccc4ccc5ccccc5c4c23)cc1. The van der Waals surface area contributed by atoms with Crippen molar-refractivity contribution in [3.63, 3.8) is 0 Å². The topological polar surface area (TPSA) is 3.24 Å². The van der Waals surface area contributed by atoms with E-state index in [4.69, 9.17) is 0 Å². The smallest absolute Gasteiger partial charge is 0.0546 e. The van der Waals surface area contributed by atoms with Crippen molar-refractivity contribution in [1.82, 2.24) is 0 Å². The molecule has 0 aliphatic heterocycles. The summed E-state index contributed by atoms with van der Waals surface area (Å²) in [5.41, 5.74) is 5.85. The molecule has 10 rings (SSSR count). The molecule has 0 saturated carbocycles. The molecular formula is C46H29NS. The van der Waals surface area contributed by atoms with Crippen LogP contribution in [-0.2, 0) is 0 Å². The minimum absolute atomic E-state index is 1.14. The first-order chi connectivity index (χ1) is 23.8. The number of benzene rings is 9. The van der Waals surface area contributed by atoms with Crippen LogP contribution in [0.2, 0.25) is 0 Å². The first kappa shape index (κ1) is 27.2. The average molecular weight is 628 g/mol. The van der Waals surface area contributed by atoms with Crippen LogP contribution in [0.1, 0.15) is 0 Å². The number of para-hydroxylation sites is 1. The number of fused-ring (bicyclic) bond motifs is 10. The Morgan fingerprint density at radius 1 is 0.354 bits per heavy atom. The summed E-state index contributed by atoms with van der Waals surface area (Å²) in [6.45, 7) is 0. The Morgan fingerprint density at radius 2 is 0.938 bits per heavy atom. The van der Waals surface area contributed by atoms with Crippen molar-refractivity contribution in [2.24, 2.45) is 0 Å². The summed E-state index contributed by atoms with van der Waals surface area (Å²) in [6.07, 6.45) is 0. The van der Waals surface area contributed by atoms with Crippen molar-refractivity contribution in [3.05, 3.63) is 176 Å². The van der Waals surface area contributed by atoms with Crippen LogP contribution in [0, 0.1) is 0 Å². The first-order valence-electron chi connectivity index (χ1n) is 16.4. The Hall–Kier alpha value is -5.96. The summed E-state index contributed by atoms with van der Waals surface area (Å²) >= 11 is 1.88. The van der Waals surface area contributed by atoms with Crippen molar-refractivity contribution < 1.29 is 0 Å². The standard InChI is InChI=1S/C46H29NS/c1-2-11-30(12-3-1)36-16-8-9-19-40(36)47(35-26-28-42-39(29-35)46-38-18-7-5-14-32(38)25-27-43(46)48-42)41-20-10-15-33-23-24-34-22-21-31-13-4-6-17-37(31)44(34)45(33)41/h1-29H. The Bertz CT molecular complexity index is 2840. The lowest BCUT2D eigenvalue weighted by Crippen LogP contribution is -2.12. The molecule has 1 aromatic heterocycles. The van der Waals surface area contributed by atoms with E-state index in [0.717, 1.165) is 11.4 Å². The summed E-state index contributed by atoms with van der Waals surface area (Å²) in [4.78, 5) is 2.50. The summed E-state index contributed by atoms with van der Waals surface area (Å²) in [6, 6.07) is 64.6. The van der Waals surface area contributed by atoms with Gasteiger partial charge >= 0.3 is 0 Å². The zero-order valence-electron chi connectivity index (χ0n) is 26.1. The van der Waals surface area contributed by atoms with Crippen molar-refractivity contribution in [2.75, 3.05) is 4.90 Å². The Kier molecular flexibility index (Phi) is 6.12. The fourth-order valence-electron chi connectivity index (χ4n) is 7.65. The fourth-order valence-corrected chi connectivity index (χ4v) is 8.76. The number of hydrogen-bond acceptors (Lipinski definition) is 2. The highest BCUT2D eigenvalue weighted by molar-refractivity contribution is 7.26. The van der Waals surface area contributed by atoms with Crippen LogP contribution >= 0.6 is 11.3 Å². The minimum Gasteiger partial charge on any atom is -0.309 e. The van der Waals surface area contributed by atoms with E-state index in [1.54, 1.807) is 0 Å². The van der Waals surface area contributed by atoms with Crippen LogP contribution < -0.4 is 4.90 Å². The van der Waals surface area contributed by atoms with E-state index >= 15 is 0 Å². The minimum atomic E-state index is 1.14. The molecule has 0 fully saturated rings. The lowest BCUT2D eigenvalue weighted by atomic mass is 9.94. The van der Waals surface area contributed by atoms with E-state index in [0.29, 0.717) is 0 Å². The number of thiophene rings is 1. The maximum absolute atomic E-state index is 2.50. The third-order valence-corrected chi connectivity index (χ3v) is 10.9. The Morgan fingerprint density at radius 3 is 1.75 bits per heavy atom. The maximum atomic E-state index is 2.50. The van der Waals surface area contributed by atoms with Gasteiger partial charge in [-0.2, -0.15) is 0 Å². The molecule has 0 saturated heterocycles. The van der Waals surface area contributed by atoms with Gasteiger partial charge < -0.3 is 4.90 Å². The second-order valence-corrected chi connectivity index (χ2v) is 13.6. The quantitative estimate of drug-likeness (QED) is 0.176. The summed E-state index contributed by atoms with van der Waals surface area (Å²) in [7, 11) is 0. The van der Waals surface area contributed by atoms with E-state index in [9.17, 15) is 0 Å². The van der Waals surface area contributed by atoms with Gasteiger partial charge in [-0.05, 0) is 79.7 Å². The number of hydrogen-bond donors (Lipinski definition) is 0. The predicted octanol–water partition coefficient (Wildman–Crippen LogP) is 13.8. The summed E-state index contributed by atoms with van der Waals surface area (Å²) < 4.78 is 2.62. The first-order valence-corrected chi connectivity index (χ1v) is 17.3. The lowest BCUT2D eigenvalue weighted by Gasteiger charge is -2.29. The second kappa shape index (κ2) is 10.8. The number of nitrogens with zero attached hydrogens (tertiary/aromatic N) is 1. The molecule has 0 bridgehead atoms. The molecule has 0 radical (unpaired) electrons. The molecule has 0 unspecified atom stereocenters. The van der Waals surface area contributed by atoms with Gasteiger partial charge in [0.25, 0.3) is 0 Å². The Balaban J connectivity index is 1.34. The molecule has 1 nitrogen and oxygen atoms in total. The highest BCUT2D eigenvalue weighted by Gasteiger charge is 2.22. The van der Waals surface area contributed by atoms with Crippen LogP contribution in [0.25, 0.3) is 74.4 Å². The van der Waals surface area contributed by atoms with Gasteiger partial charge in [-0.15, -0.1) is 11.3 Å². The summed E-state index contributed by atoms with van der Waals surface area (Å²) in [5, 5.41) is 12.7. The molecule has 2 heteroatoms. The molecule has 0 aliphatic rings. The normalized spacial score (nSPS) is 11.8. The van der Waals surface area contributed by atoms with Crippen LogP contribution in [-0.4, -0.2) is 0 Å². The molecule has 0 aliphatic carbocycles. The fraction of sp³-hybridized carbons (Fsp3) is 0. The molecule has 0 spiro atoms. The highest BCUT2D eigenvalue weighted by atomic mass is 32.1. The van der Waals surface area contributed by atoms with Gasteiger partial charge in [0, 0.05) is 36.8 Å². The molecule has 224 valence electrons. The van der Waals surface area contributed by atoms with Gasteiger partial charge in [0.05, 0.1) is 11.4 Å². The van der Waals surface area contributed by atoms with E-state index in [-0.39, 0.29) is 0 Å². The third kappa shape index (κ3) is 4.17. The molecule has 0 amide bonds. The number of rotatable bonds is 4. The lowest BCUT2D eigenvalue weighted by molar-refractivity contribution is 1.31. The number of anilines is 3. The van der Waals surface area contributed by atoms with Gasteiger partial charge in [-0.3, -0.25) is 0 Å². The average Bonchev–Trinajstić information content (AvgIpc) is 3.54. The molecule has 0 atom stereocenters. The third-order valence-electron chi connectivity index (χ3n) is 9.80. The van der Waals surface area contributed by atoms with Gasteiger partial charge in [0.15, 0.2) is 0 Å². The monoisotopic (exact) mass is 627 g/mol. The van der Waals surface area contributed by atoms with Crippen LogP contribution in [0.15, 0.2) is 176 Å². The van der Waals surface area contributed by atoms with E-state index in [1.165, 1.54) is 80.1 Å². The molecule has 9 aromatic carbocycles. The maximum Gasteiger partial charge on any atom is 0.0546 e. The molecule has 10 aromatic rings. The summed E-state index contributed by atoms with van der Waals surface area (Å²) in [5.74, 6) is 0. The van der Waals surface area contributed by atoms with E-state index in [1.807, 2.05) is 11.3 Å². The largest absolute Gasteiger partial charge is 0.309 e. The van der Waals surface area contributed by atoms with Crippen molar-refractivity contribution in [1.29, 1.82) is 0 Å². The van der Waals surface area contributed by atoms with E-state index in [2.05, 4.69) is 181 Å². The molecule has 48 heavy (non-hydrogen) atoms. The zero-order chi connectivity index (χ0) is 31.6. The van der Waals surface area contributed by atoms with Gasteiger partial charge in [0.1, 0.15) is 0 Å². The van der Waals surface area contributed by atoms with E-state index < -0.39 is 0 Å². The second-order valence-electron chi connectivity index (χ2n) is 12.5. The van der Waals surface area contributed by atoms with Crippen LogP contribution in [0.4, 0.5) is 17.1 Å². The molecule has 0 N–H and O–H groups in total. The highest BCUT2D eigenvalue weighted by Crippen LogP contribution is 2.48. The van der Waals surface area contributed by atoms with Crippen molar-refractivity contribution >= 4 is 91.7 Å². The molecule has 1 heterocycles. The zero-order valence-corrected chi connectivity index (χ0v) is 26.9. The van der Waals surface area contributed by atoms with Crippen molar-refractivity contribution in [2.45, 2.75) is 0 Å². The molecular weight excluding hydrogens is 599 g/mol. The van der Waals surface area contributed by atoms with Gasteiger partial charge in [0.2, 0.25) is 0 Å². The Labute approximate surface area is 282 Å².